The van der Waals surface area contributed by atoms with E-state index in [0.717, 1.165) is 9.88 Å². The fourth-order valence-corrected chi connectivity index (χ4v) is 4.47. The van der Waals surface area contributed by atoms with Crippen molar-refractivity contribution in [2.24, 2.45) is 0 Å². The van der Waals surface area contributed by atoms with Crippen LogP contribution in [0.25, 0.3) is 20.7 Å². The van der Waals surface area contributed by atoms with Crippen LogP contribution >= 0.6 is 22.7 Å². The SMILES string of the molecule is O=C(Cc1csc(-c2cccs2)n1)NCC(=O)Nc1cccc2c(=O)[nH][nH]c(=O)c12. The maximum absolute atomic E-state index is 12.2. The van der Waals surface area contributed by atoms with Crippen LogP contribution in [0.4, 0.5) is 5.69 Å². The average Bonchev–Trinajstić information content (AvgIpc) is 3.41. The molecule has 0 aliphatic heterocycles. The van der Waals surface area contributed by atoms with E-state index in [1.807, 2.05) is 22.9 Å². The summed E-state index contributed by atoms with van der Waals surface area (Å²) in [5, 5.41) is 14.4. The van der Waals surface area contributed by atoms with Gasteiger partial charge in [0.25, 0.3) is 11.1 Å². The third-order valence-electron chi connectivity index (χ3n) is 4.17. The molecular weight excluding hydrogens is 426 g/mol. The molecule has 0 bridgehead atoms. The van der Waals surface area contributed by atoms with Gasteiger partial charge in [0.2, 0.25) is 11.8 Å². The van der Waals surface area contributed by atoms with Gasteiger partial charge in [-0.2, -0.15) is 0 Å². The molecule has 4 N–H and O–H groups in total. The zero-order chi connectivity index (χ0) is 21.1. The number of carbonyl (C=O) groups is 2. The van der Waals surface area contributed by atoms with E-state index < -0.39 is 17.0 Å². The van der Waals surface area contributed by atoms with Gasteiger partial charge in [-0.05, 0) is 23.6 Å². The number of hydrogen-bond donors (Lipinski definition) is 4. The number of fused-ring (bicyclic) bond motifs is 1. The van der Waals surface area contributed by atoms with Gasteiger partial charge in [-0.3, -0.25) is 29.4 Å². The van der Waals surface area contributed by atoms with Crippen LogP contribution in [-0.4, -0.2) is 33.5 Å². The van der Waals surface area contributed by atoms with Crippen LogP contribution < -0.4 is 21.8 Å². The minimum atomic E-state index is -0.533. The predicted octanol–water partition coefficient (Wildman–Crippen LogP) is 1.70. The van der Waals surface area contributed by atoms with Crippen molar-refractivity contribution in [1.29, 1.82) is 0 Å². The molecule has 3 heterocycles. The molecule has 4 aromatic rings. The Morgan fingerprint density at radius 2 is 1.83 bits per heavy atom. The first-order valence-corrected chi connectivity index (χ1v) is 10.6. The molecule has 11 heteroatoms. The molecule has 0 aliphatic rings. The molecule has 9 nitrogen and oxygen atoms in total. The molecule has 0 atom stereocenters. The Labute approximate surface area is 176 Å². The van der Waals surface area contributed by atoms with Crippen molar-refractivity contribution < 1.29 is 9.59 Å². The molecular formula is C19H15N5O4S2. The summed E-state index contributed by atoms with van der Waals surface area (Å²) in [6, 6.07) is 8.45. The van der Waals surface area contributed by atoms with Crippen molar-refractivity contribution in [3.8, 4) is 9.88 Å². The fourth-order valence-electron chi connectivity index (χ4n) is 2.84. The first-order valence-electron chi connectivity index (χ1n) is 8.80. The number of thiazole rings is 1. The minimum absolute atomic E-state index is 0.0540. The molecule has 1 aromatic carbocycles. The van der Waals surface area contributed by atoms with Gasteiger partial charge in [0.05, 0.1) is 40.0 Å². The van der Waals surface area contributed by atoms with Gasteiger partial charge in [-0.1, -0.05) is 12.1 Å². The number of aromatic amines is 2. The Hall–Kier alpha value is -3.57. The quantitative estimate of drug-likeness (QED) is 0.361. The van der Waals surface area contributed by atoms with Gasteiger partial charge >= 0.3 is 0 Å². The van der Waals surface area contributed by atoms with Crippen LogP contribution in [0.1, 0.15) is 5.69 Å². The number of benzene rings is 1. The Morgan fingerprint density at radius 3 is 2.63 bits per heavy atom. The number of hydrogen-bond acceptors (Lipinski definition) is 7. The molecule has 0 aliphatic carbocycles. The van der Waals surface area contributed by atoms with E-state index in [9.17, 15) is 19.2 Å². The number of amides is 2. The number of H-pyrrole nitrogens is 2. The number of aromatic nitrogens is 3. The van der Waals surface area contributed by atoms with E-state index in [1.165, 1.54) is 23.5 Å². The smallest absolute Gasteiger partial charge is 0.272 e. The standard InChI is InChI=1S/C19H15N5O4S2/c25-14(7-10-9-30-19(21-10)13-5-2-6-29-13)20-8-15(26)22-12-4-1-3-11-16(12)18(28)24-23-17(11)27/h1-6,9H,7-8H2,(H,20,25)(H,22,26)(H,23,27)(H,24,28). The second-order valence-electron chi connectivity index (χ2n) is 6.26. The molecule has 0 fully saturated rings. The summed E-state index contributed by atoms with van der Waals surface area (Å²) < 4.78 is 0. The molecule has 3 aromatic heterocycles. The molecule has 2 amide bonds. The number of thiophene rings is 1. The third-order valence-corrected chi connectivity index (χ3v) is 6.10. The van der Waals surface area contributed by atoms with Gasteiger partial charge in [0.1, 0.15) is 5.01 Å². The molecule has 0 unspecified atom stereocenters. The highest BCUT2D eigenvalue weighted by atomic mass is 32.1. The van der Waals surface area contributed by atoms with Crippen molar-refractivity contribution in [1.82, 2.24) is 20.5 Å². The monoisotopic (exact) mass is 441 g/mol. The Kier molecular flexibility index (Phi) is 5.55. The molecule has 4 rings (SSSR count). The summed E-state index contributed by atoms with van der Waals surface area (Å²) in [6.07, 6.45) is 0.0540. The Balaban J connectivity index is 1.37. The van der Waals surface area contributed by atoms with Crippen LogP contribution in [0.5, 0.6) is 0 Å². The maximum atomic E-state index is 12.2. The summed E-state index contributed by atoms with van der Waals surface area (Å²) >= 11 is 3.03. The number of nitrogens with one attached hydrogen (secondary N) is 4. The fraction of sp³-hybridized carbons (Fsp3) is 0.105. The lowest BCUT2D eigenvalue weighted by atomic mass is 10.1. The van der Waals surface area contributed by atoms with E-state index in [1.54, 1.807) is 17.4 Å². The van der Waals surface area contributed by atoms with Crippen molar-refractivity contribution in [3.63, 3.8) is 0 Å². The first kappa shape index (κ1) is 19.7. The molecule has 0 saturated carbocycles. The second-order valence-corrected chi connectivity index (χ2v) is 8.07. The van der Waals surface area contributed by atoms with Crippen LogP contribution in [-0.2, 0) is 16.0 Å². The Bertz CT molecular complexity index is 1340. The highest BCUT2D eigenvalue weighted by Crippen LogP contribution is 2.27. The topological polar surface area (TPSA) is 137 Å². The highest BCUT2D eigenvalue weighted by molar-refractivity contribution is 7.20. The van der Waals surface area contributed by atoms with Crippen molar-refractivity contribution >= 4 is 50.9 Å². The second kappa shape index (κ2) is 8.43. The van der Waals surface area contributed by atoms with Crippen LogP contribution in [0.2, 0.25) is 0 Å². The Morgan fingerprint density at radius 1 is 1.00 bits per heavy atom. The molecule has 0 saturated heterocycles. The largest absolute Gasteiger partial charge is 0.347 e. The summed E-state index contributed by atoms with van der Waals surface area (Å²) in [5.41, 5.74) is -0.186. The number of rotatable bonds is 6. The van der Waals surface area contributed by atoms with Crippen LogP contribution in [0.15, 0.2) is 50.7 Å². The predicted molar refractivity (Wildman–Crippen MR) is 116 cm³/mol. The maximum Gasteiger partial charge on any atom is 0.272 e. The number of anilines is 1. The summed E-state index contributed by atoms with van der Waals surface area (Å²) in [4.78, 5) is 53.7. The zero-order valence-electron chi connectivity index (χ0n) is 15.4. The molecule has 0 spiro atoms. The molecule has 0 radical (unpaired) electrons. The van der Waals surface area contributed by atoms with Crippen LogP contribution in [0.3, 0.4) is 0 Å². The number of nitrogens with zero attached hydrogens (tertiary/aromatic N) is 1. The van der Waals surface area contributed by atoms with E-state index >= 15 is 0 Å². The van der Waals surface area contributed by atoms with Crippen molar-refractivity contribution in [2.45, 2.75) is 6.42 Å². The zero-order valence-corrected chi connectivity index (χ0v) is 17.0. The van der Waals surface area contributed by atoms with E-state index in [-0.39, 0.29) is 35.3 Å². The van der Waals surface area contributed by atoms with Gasteiger partial charge in [0, 0.05) is 5.38 Å². The van der Waals surface area contributed by atoms with E-state index in [2.05, 4.69) is 25.8 Å². The lowest BCUT2D eigenvalue weighted by molar-refractivity contribution is -0.123. The average molecular weight is 441 g/mol. The first-order chi connectivity index (χ1) is 14.5. The molecule has 30 heavy (non-hydrogen) atoms. The lowest BCUT2D eigenvalue weighted by Gasteiger charge is -2.08. The summed E-state index contributed by atoms with van der Waals surface area (Å²) in [7, 11) is 0. The highest BCUT2D eigenvalue weighted by Gasteiger charge is 2.13. The van der Waals surface area contributed by atoms with E-state index in [4.69, 9.17) is 0 Å². The van der Waals surface area contributed by atoms with Crippen molar-refractivity contribution in [3.05, 3.63) is 67.5 Å². The summed E-state index contributed by atoms with van der Waals surface area (Å²) in [5.74, 6) is -0.867. The van der Waals surface area contributed by atoms with Crippen LogP contribution in [0, 0.1) is 0 Å². The van der Waals surface area contributed by atoms with Crippen molar-refractivity contribution in [2.75, 3.05) is 11.9 Å². The number of carbonyl (C=O) groups excluding carboxylic acids is 2. The van der Waals surface area contributed by atoms with E-state index in [0.29, 0.717) is 5.69 Å². The van der Waals surface area contributed by atoms with Gasteiger partial charge in [0.15, 0.2) is 0 Å². The summed E-state index contributed by atoms with van der Waals surface area (Å²) in [6.45, 7) is -0.280. The van der Waals surface area contributed by atoms with Gasteiger partial charge in [-0.25, -0.2) is 4.98 Å². The normalized spacial score (nSPS) is 10.8. The molecule has 152 valence electrons. The lowest BCUT2D eigenvalue weighted by Crippen LogP contribution is -2.34. The van der Waals surface area contributed by atoms with Gasteiger partial charge in [-0.15, -0.1) is 22.7 Å². The minimum Gasteiger partial charge on any atom is -0.347 e. The third kappa shape index (κ3) is 4.21. The van der Waals surface area contributed by atoms with Gasteiger partial charge < -0.3 is 10.6 Å².